The second kappa shape index (κ2) is 4.58. The number of ether oxygens (including phenoxy) is 2. The van der Waals surface area contributed by atoms with Gasteiger partial charge in [-0.2, -0.15) is 0 Å². The molecule has 3 nitrogen and oxygen atoms in total. The Bertz CT molecular complexity index is 298. The Kier molecular flexibility index (Phi) is 3.33. The van der Waals surface area contributed by atoms with Crippen LogP contribution in [0.1, 0.15) is 33.1 Å². The Labute approximate surface area is 96.8 Å². The second-order valence-corrected chi connectivity index (χ2v) is 5.02. The summed E-state index contributed by atoms with van der Waals surface area (Å²) in [6, 6.07) is 0. The van der Waals surface area contributed by atoms with Crippen molar-refractivity contribution in [2.45, 2.75) is 45.3 Å². The van der Waals surface area contributed by atoms with Crippen LogP contribution in [0.3, 0.4) is 0 Å². The van der Waals surface area contributed by atoms with E-state index < -0.39 is 0 Å². The van der Waals surface area contributed by atoms with Gasteiger partial charge in [0.1, 0.15) is 6.61 Å². The zero-order valence-electron chi connectivity index (χ0n) is 10.1. The number of fused-ring (bicyclic) bond motifs is 1. The zero-order valence-corrected chi connectivity index (χ0v) is 10.1. The number of carbonyl (C=O) groups excluding carboxylic acids is 1. The van der Waals surface area contributed by atoms with Crippen LogP contribution in [0.25, 0.3) is 0 Å². The fourth-order valence-electron chi connectivity index (χ4n) is 2.54. The normalized spacial score (nSPS) is 36.4. The van der Waals surface area contributed by atoms with Crippen LogP contribution in [0.15, 0.2) is 12.2 Å². The van der Waals surface area contributed by atoms with Crippen molar-refractivity contribution < 1.29 is 14.3 Å². The van der Waals surface area contributed by atoms with Crippen molar-refractivity contribution >= 4 is 5.97 Å². The van der Waals surface area contributed by atoms with Crippen molar-refractivity contribution in [3.05, 3.63) is 12.2 Å². The van der Waals surface area contributed by atoms with Crippen LogP contribution in [0.2, 0.25) is 0 Å². The molecule has 2 rings (SSSR count). The quantitative estimate of drug-likeness (QED) is 0.418. The summed E-state index contributed by atoms with van der Waals surface area (Å²) in [5.41, 5.74) is 0.887. The minimum atomic E-state index is -0.0659. The minimum absolute atomic E-state index is 0.0353. The lowest BCUT2D eigenvalue weighted by atomic mass is 9.78. The van der Waals surface area contributed by atoms with Crippen molar-refractivity contribution in [3.8, 4) is 0 Å². The summed E-state index contributed by atoms with van der Waals surface area (Å²) in [4.78, 5) is 11.9. The van der Waals surface area contributed by atoms with Crippen LogP contribution in [0.4, 0.5) is 0 Å². The van der Waals surface area contributed by atoms with E-state index in [0.29, 0.717) is 24.7 Å². The lowest BCUT2D eigenvalue weighted by Crippen LogP contribution is -2.32. The van der Waals surface area contributed by atoms with Gasteiger partial charge in [0.2, 0.25) is 0 Å². The molecule has 1 saturated carbocycles. The highest BCUT2D eigenvalue weighted by atomic mass is 16.6. The fraction of sp³-hybridized carbons (Fsp3) is 0.769. The molecular weight excluding hydrogens is 204 g/mol. The Balaban J connectivity index is 1.90. The third kappa shape index (κ3) is 2.46. The molecule has 4 atom stereocenters. The molecular formula is C13H20O3. The van der Waals surface area contributed by atoms with Crippen LogP contribution < -0.4 is 0 Å². The van der Waals surface area contributed by atoms with E-state index in [9.17, 15) is 4.79 Å². The van der Waals surface area contributed by atoms with Crippen LogP contribution in [-0.4, -0.2) is 24.8 Å². The smallest absolute Gasteiger partial charge is 0.309 e. The van der Waals surface area contributed by atoms with Gasteiger partial charge in [-0.05, 0) is 31.3 Å². The van der Waals surface area contributed by atoms with E-state index in [1.54, 1.807) is 0 Å². The van der Waals surface area contributed by atoms with Crippen LogP contribution >= 0.6 is 0 Å². The molecule has 1 heterocycles. The third-order valence-electron chi connectivity index (χ3n) is 3.57. The maximum Gasteiger partial charge on any atom is 0.309 e. The van der Waals surface area contributed by atoms with Gasteiger partial charge in [-0.25, -0.2) is 0 Å². The first-order chi connectivity index (χ1) is 7.61. The molecule has 16 heavy (non-hydrogen) atoms. The maximum atomic E-state index is 11.9. The molecule has 0 spiro atoms. The van der Waals surface area contributed by atoms with Crippen LogP contribution in [0, 0.1) is 11.8 Å². The second-order valence-electron chi connectivity index (χ2n) is 5.02. The van der Waals surface area contributed by atoms with E-state index in [0.717, 1.165) is 24.8 Å². The first-order valence-corrected chi connectivity index (χ1v) is 6.08. The molecule has 0 aromatic heterocycles. The van der Waals surface area contributed by atoms with E-state index >= 15 is 0 Å². The van der Waals surface area contributed by atoms with Gasteiger partial charge in [0.15, 0.2) is 0 Å². The first kappa shape index (κ1) is 11.6. The monoisotopic (exact) mass is 224 g/mol. The molecule has 1 saturated heterocycles. The summed E-state index contributed by atoms with van der Waals surface area (Å²) in [5, 5.41) is 0. The molecule has 0 N–H and O–H groups in total. The Morgan fingerprint density at radius 1 is 1.44 bits per heavy atom. The summed E-state index contributed by atoms with van der Waals surface area (Å²) < 4.78 is 10.7. The van der Waals surface area contributed by atoms with E-state index in [1.165, 1.54) is 0 Å². The summed E-state index contributed by atoms with van der Waals surface area (Å²) >= 11 is 0. The molecule has 1 aliphatic carbocycles. The molecule has 0 aromatic rings. The van der Waals surface area contributed by atoms with Crippen LogP contribution in [-0.2, 0) is 14.3 Å². The highest BCUT2D eigenvalue weighted by Gasteiger charge is 2.50. The van der Waals surface area contributed by atoms with Crippen molar-refractivity contribution in [1.82, 2.24) is 0 Å². The van der Waals surface area contributed by atoms with Crippen molar-refractivity contribution in [1.29, 1.82) is 0 Å². The van der Waals surface area contributed by atoms with Crippen molar-refractivity contribution in [3.63, 3.8) is 0 Å². The zero-order chi connectivity index (χ0) is 11.7. The molecule has 0 amide bonds. The van der Waals surface area contributed by atoms with E-state index in [2.05, 4.69) is 13.5 Å². The number of hydrogen-bond donors (Lipinski definition) is 0. The average Bonchev–Trinajstić information content (AvgIpc) is 3.01. The lowest BCUT2D eigenvalue weighted by molar-refractivity contribution is -0.150. The number of esters is 1. The number of carbonyl (C=O) groups is 1. The first-order valence-electron chi connectivity index (χ1n) is 6.08. The minimum Gasteiger partial charge on any atom is -0.461 e. The van der Waals surface area contributed by atoms with Gasteiger partial charge in [0.05, 0.1) is 18.1 Å². The number of hydrogen-bond acceptors (Lipinski definition) is 3. The molecule has 2 fully saturated rings. The van der Waals surface area contributed by atoms with E-state index in [-0.39, 0.29) is 11.9 Å². The molecule has 0 aromatic carbocycles. The summed E-state index contributed by atoms with van der Waals surface area (Å²) in [5.74, 6) is 0.401. The van der Waals surface area contributed by atoms with Crippen LogP contribution in [0.5, 0.6) is 0 Å². The summed E-state index contributed by atoms with van der Waals surface area (Å²) in [6.45, 7) is 8.08. The number of rotatable bonds is 4. The standard InChI is InChI=1S/C13H20O3/c1-4-9-5-11-12(16-11)6-10(9)13(14)15-7-8(2)3/h9-12H,2,4-7H2,1,3H3. The van der Waals surface area contributed by atoms with Gasteiger partial charge < -0.3 is 9.47 Å². The molecule has 3 heteroatoms. The maximum absolute atomic E-state index is 11.9. The highest BCUT2D eigenvalue weighted by molar-refractivity contribution is 5.73. The Hall–Kier alpha value is -0.830. The van der Waals surface area contributed by atoms with Crippen molar-refractivity contribution in [2.75, 3.05) is 6.61 Å². The predicted molar refractivity (Wildman–Crippen MR) is 60.9 cm³/mol. The van der Waals surface area contributed by atoms with Gasteiger partial charge in [-0.1, -0.05) is 19.9 Å². The molecule has 1 aliphatic heterocycles. The van der Waals surface area contributed by atoms with Gasteiger partial charge in [0, 0.05) is 0 Å². The molecule has 2 aliphatic rings. The Morgan fingerprint density at radius 2 is 2.12 bits per heavy atom. The van der Waals surface area contributed by atoms with E-state index in [4.69, 9.17) is 9.47 Å². The summed E-state index contributed by atoms with van der Waals surface area (Å²) in [6.07, 6.45) is 3.64. The Morgan fingerprint density at radius 3 is 2.75 bits per heavy atom. The fourth-order valence-corrected chi connectivity index (χ4v) is 2.54. The van der Waals surface area contributed by atoms with Gasteiger partial charge >= 0.3 is 5.97 Å². The van der Waals surface area contributed by atoms with Crippen molar-refractivity contribution in [2.24, 2.45) is 11.8 Å². The SMILES string of the molecule is C=C(C)COC(=O)C1CC2OC2CC1CC. The highest BCUT2D eigenvalue weighted by Crippen LogP contribution is 2.44. The average molecular weight is 224 g/mol. The molecule has 90 valence electrons. The van der Waals surface area contributed by atoms with Gasteiger partial charge in [0.25, 0.3) is 0 Å². The topological polar surface area (TPSA) is 38.8 Å². The molecule has 4 unspecified atom stereocenters. The largest absolute Gasteiger partial charge is 0.461 e. The van der Waals surface area contributed by atoms with Gasteiger partial charge in [-0.3, -0.25) is 4.79 Å². The number of epoxide rings is 1. The summed E-state index contributed by atoms with van der Waals surface area (Å²) in [7, 11) is 0. The third-order valence-corrected chi connectivity index (χ3v) is 3.57. The molecule has 0 radical (unpaired) electrons. The van der Waals surface area contributed by atoms with Gasteiger partial charge in [-0.15, -0.1) is 0 Å². The molecule has 0 bridgehead atoms. The predicted octanol–water partition coefficient (Wildman–Crippen LogP) is 2.31. The van der Waals surface area contributed by atoms with E-state index in [1.807, 2.05) is 6.92 Å². The lowest BCUT2D eigenvalue weighted by Gasteiger charge is -2.26.